The van der Waals surface area contributed by atoms with Crippen LogP contribution in [-0.4, -0.2) is 5.78 Å². The van der Waals surface area contributed by atoms with Gasteiger partial charge in [0.25, 0.3) is 0 Å². The number of carbonyl (C=O) groups excluding carboxylic acids is 1. The van der Waals surface area contributed by atoms with Gasteiger partial charge in [0.2, 0.25) is 0 Å². The first kappa shape index (κ1) is 11.0. The van der Waals surface area contributed by atoms with E-state index in [0.29, 0.717) is 0 Å². The average molecular weight is 268 g/mol. The van der Waals surface area contributed by atoms with E-state index in [1.165, 1.54) is 22.1 Å². The maximum atomic E-state index is 12.8. The molecule has 3 aromatic carbocycles. The number of carbonyl (C=O) groups is 1. The van der Waals surface area contributed by atoms with Crippen molar-refractivity contribution in [3.63, 3.8) is 0 Å². The van der Waals surface area contributed by atoms with Crippen LogP contribution in [0.15, 0.2) is 54.6 Å². The van der Waals surface area contributed by atoms with Crippen LogP contribution in [0.3, 0.4) is 0 Å². The molecule has 0 saturated carbocycles. The molecule has 0 aromatic heterocycles. The van der Waals surface area contributed by atoms with Crippen LogP contribution in [0.1, 0.15) is 27.0 Å². The minimum absolute atomic E-state index is 0.149. The summed E-state index contributed by atoms with van der Waals surface area (Å²) in [5, 5.41) is 2.40. The Morgan fingerprint density at radius 3 is 2.43 bits per heavy atom. The lowest BCUT2D eigenvalue weighted by Gasteiger charge is -2.23. The molecule has 0 fully saturated rings. The molecule has 0 spiro atoms. The summed E-state index contributed by atoms with van der Waals surface area (Å²) in [4.78, 5) is 12.8. The second-order valence-electron chi connectivity index (χ2n) is 5.71. The fourth-order valence-corrected chi connectivity index (χ4v) is 3.69. The molecular weight excluding hydrogens is 256 g/mol. The lowest BCUT2D eigenvalue weighted by molar-refractivity contribution is 0.104. The van der Waals surface area contributed by atoms with E-state index in [4.69, 9.17) is 0 Å². The summed E-state index contributed by atoms with van der Waals surface area (Å²) in [6.07, 6.45) is 5.31. The summed E-state index contributed by atoms with van der Waals surface area (Å²) >= 11 is 0. The van der Waals surface area contributed by atoms with Crippen molar-refractivity contribution >= 4 is 22.6 Å². The molecule has 0 unspecified atom stereocenters. The van der Waals surface area contributed by atoms with E-state index in [1.54, 1.807) is 0 Å². The first-order valence-corrected chi connectivity index (χ1v) is 7.24. The van der Waals surface area contributed by atoms with Gasteiger partial charge in [-0.25, -0.2) is 0 Å². The summed E-state index contributed by atoms with van der Waals surface area (Å²) < 4.78 is 0. The zero-order valence-corrected chi connectivity index (χ0v) is 11.4. The predicted octanol–water partition coefficient (Wildman–Crippen LogP) is 4.62. The summed E-state index contributed by atoms with van der Waals surface area (Å²) in [6.45, 7) is 0. The first-order chi connectivity index (χ1) is 10.3. The second kappa shape index (κ2) is 3.70. The molecule has 0 heterocycles. The van der Waals surface area contributed by atoms with Crippen LogP contribution in [0.5, 0.6) is 0 Å². The number of benzene rings is 3. The van der Waals surface area contributed by atoms with E-state index in [2.05, 4.69) is 36.4 Å². The Balaban J connectivity index is 2.06. The summed E-state index contributed by atoms with van der Waals surface area (Å²) in [7, 11) is 0. The largest absolute Gasteiger partial charge is 0.289 e. The third-order valence-corrected chi connectivity index (χ3v) is 4.62. The van der Waals surface area contributed by atoms with Gasteiger partial charge in [-0.3, -0.25) is 4.79 Å². The standard InChI is InChI=1S/C20H12O/c21-20-16-7-2-1-6-14(16)15-10-8-12-4-3-5-13-9-11-17(20)19(15)18(12)13/h1-3,5-11H,4H2. The van der Waals surface area contributed by atoms with Crippen molar-refractivity contribution < 1.29 is 4.79 Å². The van der Waals surface area contributed by atoms with Gasteiger partial charge >= 0.3 is 0 Å². The minimum Gasteiger partial charge on any atom is -0.289 e. The Kier molecular flexibility index (Phi) is 1.95. The van der Waals surface area contributed by atoms with Crippen LogP contribution in [0.2, 0.25) is 0 Å². The van der Waals surface area contributed by atoms with Gasteiger partial charge in [-0.1, -0.05) is 54.6 Å². The summed E-state index contributed by atoms with van der Waals surface area (Å²) in [5.41, 5.74) is 6.47. The van der Waals surface area contributed by atoms with Crippen LogP contribution in [-0.2, 0) is 6.42 Å². The molecule has 2 aliphatic rings. The maximum absolute atomic E-state index is 12.8. The molecule has 0 amide bonds. The van der Waals surface area contributed by atoms with Gasteiger partial charge in [0.1, 0.15) is 0 Å². The van der Waals surface area contributed by atoms with Crippen LogP contribution in [0, 0.1) is 0 Å². The molecule has 3 aromatic rings. The van der Waals surface area contributed by atoms with Gasteiger partial charge in [0.05, 0.1) is 0 Å². The normalized spacial score (nSPS) is 14.4. The minimum atomic E-state index is 0.149. The van der Waals surface area contributed by atoms with Crippen LogP contribution < -0.4 is 0 Å². The van der Waals surface area contributed by atoms with E-state index >= 15 is 0 Å². The van der Waals surface area contributed by atoms with Crippen molar-refractivity contribution in [1.29, 1.82) is 0 Å². The Hall–Kier alpha value is -2.67. The third-order valence-electron chi connectivity index (χ3n) is 4.62. The zero-order valence-electron chi connectivity index (χ0n) is 11.4. The van der Waals surface area contributed by atoms with E-state index in [0.717, 1.165) is 28.5 Å². The van der Waals surface area contributed by atoms with Crippen molar-refractivity contribution in [2.24, 2.45) is 0 Å². The van der Waals surface area contributed by atoms with Crippen molar-refractivity contribution in [2.45, 2.75) is 6.42 Å². The zero-order chi connectivity index (χ0) is 14.0. The first-order valence-electron chi connectivity index (χ1n) is 7.24. The quantitative estimate of drug-likeness (QED) is 0.455. The molecular formula is C20H12O. The number of fused-ring (bicyclic) bond motifs is 2. The Labute approximate surface area is 122 Å². The van der Waals surface area contributed by atoms with E-state index < -0.39 is 0 Å². The highest BCUT2D eigenvalue weighted by molar-refractivity contribution is 6.27. The van der Waals surface area contributed by atoms with Crippen molar-refractivity contribution in [2.75, 3.05) is 0 Å². The number of ketones is 1. The Morgan fingerprint density at radius 1 is 0.714 bits per heavy atom. The average Bonchev–Trinajstić information content (AvgIpc) is 2.55. The van der Waals surface area contributed by atoms with Crippen LogP contribution >= 0.6 is 0 Å². The van der Waals surface area contributed by atoms with Gasteiger partial charge in [0.15, 0.2) is 5.78 Å². The molecule has 1 nitrogen and oxygen atoms in total. The Morgan fingerprint density at radius 2 is 1.52 bits per heavy atom. The third kappa shape index (κ3) is 1.28. The SMILES string of the molecule is O=C1c2ccccc2-c2ccc3c4c(ccc1c24)C=CC3. The molecule has 0 radical (unpaired) electrons. The highest BCUT2D eigenvalue weighted by Crippen LogP contribution is 2.42. The molecule has 2 aliphatic carbocycles. The maximum Gasteiger partial charge on any atom is 0.194 e. The molecule has 0 saturated heterocycles. The Bertz CT molecular complexity index is 977. The predicted molar refractivity (Wildman–Crippen MR) is 85.6 cm³/mol. The van der Waals surface area contributed by atoms with Crippen molar-refractivity contribution in [1.82, 2.24) is 0 Å². The fraction of sp³-hybridized carbons (Fsp3) is 0.0500. The van der Waals surface area contributed by atoms with E-state index in [9.17, 15) is 4.79 Å². The second-order valence-corrected chi connectivity index (χ2v) is 5.71. The van der Waals surface area contributed by atoms with E-state index in [1.807, 2.05) is 24.3 Å². The molecule has 1 heteroatoms. The van der Waals surface area contributed by atoms with Gasteiger partial charge in [-0.15, -0.1) is 0 Å². The smallest absolute Gasteiger partial charge is 0.194 e. The van der Waals surface area contributed by atoms with E-state index in [-0.39, 0.29) is 5.78 Å². The molecule has 0 aliphatic heterocycles. The number of hydrogen-bond acceptors (Lipinski definition) is 1. The van der Waals surface area contributed by atoms with Gasteiger partial charge in [-0.05, 0) is 40.1 Å². The topological polar surface area (TPSA) is 17.1 Å². The van der Waals surface area contributed by atoms with Crippen molar-refractivity contribution in [3.8, 4) is 11.1 Å². The monoisotopic (exact) mass is 268 g/mol. The number of allylic oxidation sites excluding steroid dienone is 1. The van der Waals surface area contributed by atoms with Gasteiger partial charge in [-0.2, -0.15) is 0 Å². The molecule has 0 N–H and O–H groups in total. The van der Waals surface area contributed by atoms with Gasteiger partial charge < -0.3 is 0 Å². The van der Waals surface area contributed by atoms with Crippen LogP contribution in [0.4, 0.5) is 0 Å². The molecule has 98 valence electrons. The molecule has 5 rings (SSSR count). The summed E-state index contributed by atoms with van der Waals surface area (Å²) in [5.74, 6) is 0.149. The number of hydrogen-bond donors (Lipinski definition) is 0. The van der Waals surface area contributed by atoms with Crippen LogP contribution in [0.25, 0.3) is 28.0 Å². The highest BCUT2D eigenvalue weighted by atomic mass is 16.1. The fourth-order valence-electron chi connectivity index (χ4n) is 3.69. The summed E-state index contributed by atoms with van der Waals surface area (Å²) in [6, 6.07) is 16.4. The molecule has 21 heavy (non-hydrogen) atoms. The molecule has 0 atom stereocenters. The van der Waals surface area contributed by atoms with Gasteiger partial charge in [0, 0.05) is 16.5 Å². The number of rotatable bonds is 0. The lowest BCUT2D eigenvalue weighted by atomic mass is 9.79. The highest BCUT2D eigenvalue weighted by Gasteiger charge is 2.26. The lowest BCUT2D eigenvalue weighted by Crippen LogP contribution is -2.11. The van der Waals surface area contributed by atoms with Crippen molar-refractivity contribution in [3.05, 3.63) is 76.9 Å². The molecule has 0 bridgehead atoms.